The van der Waals surface area contributed by atoms with Gasteiger partial charge in [-0.2, -0.15) is 5.10 Å². The molecule has 20 heavy (non-hydrogen) atoms. The standard InChI is InChI=1S/C17H23N3/c1-12(2)14-9-5-6-10-16(14)20-17(18)11-15(19-20)13-7-3-4-8-13/h5-6,9-13H,3-4,7-8,18H2,1-2H3. The number of benzene rings is 1. The van der Waals surface area contributed by atoms with Crippen LogP contribution < -0.4 is 5.73 Å². The van der Waals surface area contributed by atoms with E-state index in [1.54, 1.807) is 0 Å². The quantitative estimate of drug-likeness (QED) is 0.906. The summed E-state index contributed by atoms with van der Waals surface area (Å²) in [4.78, 5) is 0. The molecule has 0 radical (unpaired) electrons. The molecular weight excluding hydrogens is 246 g/mol. The molecule has 1 saturated carbocycles. The highest BCUT2D eigenvalue weighted by Gasteiger charge is 2.21. The molecule has 0 aliphatic heterocycles. The Bertz CT molecular complexity index is 592. The van der Waals surface area contributed by atoms with Crippen molar-refractivity contribution in [1.82, 2.24) is 9.78 Å². The SMILES string of the molecule is CC(C)c1ccccc1-n1nc(C2CCCC2)cc1N. The molecular formula is C17H23N3. The van der Waals surface area contributed by atoms with Crippen LogP contribution in [0.5, 0.6) is 0 Å². The van der Waals surface area contributed by atoms with E-state index < -0.39 is 0 Å². The molecule has 1 heterocycles. The number of anilines is 1. The topological polar surface area (TPSA) is 43.8 Å². The van der Waals surface area contributed by atoms with Crippen molar-refractivity contribution in [3.8, 4) is 5.69 Å². The van der Waals surface area contributed by atoms with Crippen molar-refractivity contribution < 1.29 is 0 Å². The molecule has 0 unspecified atom stereocenters. The fourth-order valence-electron chi connectivity index (χ4n) is 3.20. The van der Waals surface area contributed by atoms with E-state index >= 15 is 0 Å². The molecule has 0 spiro atoms. The monoisotopic (exact) mass is 269 g/mol. The third-order valence-corrected chi connectivity index (χ3v) is 4.32. The number of nitrogen functional groups attached to an aromatic ring is 1. The second-order valence-corrected chi connectivity index (χ2v) is 6.10. The first-order valence-corrected chi connectivity index (χ1v) is 7.61. The van der Waals surface area contributed by atoms with Gasteiger partial charge in [0.2, 0.25) is 0 Å². The minimum atomic E-state index is 0.463. The fourth-order valence-corrected chi connectivity index (χ4v) is 3.20. The van der Waals surface area contributed by atoms with Crippen LogP contribution in [0.2, 0.25) is 0 Å². The number of rotatable bonds is 3. The summed E-state index contributed by atoms with van der Waals surface area (Å²) in [6.07, 6.45) is 5.14. The molecule has 1 aromatic carbocycles. The fraction of sp³-hybridized carbons (Fsp3) is 0.471. The minimum absolute atomic E-state index is 0.463. The molecule has 1 fully saturated rings. The Hall–Kier alpha value is -1.77. The van der Waals surface area contributed by atoms with E-state index in [0.717, 1.165) is 11.5 Å². The zero-order valence-electron chi connectivity index (χ0n) is 12.3. The summed E-state index contributed by atoms with van der Waals surface area (Å²) in [7, 11) is 0. The molecule has 3 heteroatoms. The van der Waals surface area contributed by atoms with Gasteiger partial charge in [0.25, 0.3) is 0 Å². The highest BCUT2D eigenvalue weighted by Crippen LogP contribution is 2.35. The van der Waals surface area contributed by atoms with E-state index in [0.29, 0.717) is 11.8 Å². The van der Waals surface area contributed by atoms with Crippen LogP contribution in [0.3, 0.4) is 0 Å². The molecule has 0 bridgehead atoms. The van der Waals surface area contributed by atoms with Crippen LogP contribution in [-0.2, 0) is 0 Å². The molecule has 2 N–H and O–H groups in total. The largest absolute Gasteiger partial charge is 0.384 e. The van der Waals surface area contributed by atoms with Crippen LogP contribution in [-0.4, -0.2) is 9.78 Å². The number of hydrogen-bond acceptors (Lipinski definition) is 2. The zero-order chi connectivity index (χ0) is 14.1. The summed E-state index contributed by atoms with van der Waals surface area (Å²) in [5, 5.41) is 4.80. The molecule has 3 rings (SSSR count). The summed E-state index contributed by atoms with van der Waals surface area (Å²) >= 11 is 0. The molecule has 1 aliphatic carbocycles. The van der Waals surface area contributed by atoms with Crippen LogP contribution >= 0.6 is 0 Å². The Morgan fingerprint density at radius 1 is 1.20 bits per heavy atom. The van der Waals surface area contributed by atoms with Gasteiger partial charge in [0.05, 0.1) is 11.4 Å². The summed E-state index contributed by atoms with van der Waals surface area (Å²) in [6.45, 7) is 4.41. The van der Waals surface area contributed by atoms with Gasteiger partial charge in [0.1, 0.15) is 5.82 Å². The van der Waals surface area contributed by atoms with Gasteiger partial charge >= 0.3 is 0 Å². The van der Waals surface area contributed by atoms with Crippen molar-refractivity contribution >= 4 is 5.82 Å². The van der Waals surface area contributed by atoms with Crippen LogP contribution in [0.15, 0.2) is 30.3 Å². The molecule has 3 nitrogen and oxygen atoms in total. The summed E-state index contributed by atoms with van der Waals surface area (Å²) in [5.41, 5.74) is 9.78. The van der Waals surface area contributed by atoms with Crippen molar-refractivity contribution in [2.45, 2.75) is 51.4 Å². The van der Waals surface area contributed by atoms with Gasteiger partial charge in [0.15, 0.2) is 0 Å². The maximum absolute atomic E-state index is 6.21. The molecule has 1 aromatic heterocycles. The average Bonchev–Trinajstić information content (AvgIpc) is 3.07. The van der Waals surface area contributed by atoms with E-state index in [-0.39, 0.29) is 0 Å². The van der Waals surface area contributed by atoms with Gasteiger partial charge < -0.3 is 5.73 Å². The van der Waals surface area contributed by atoms with Crippen molar-refractivity contribution in [2.24, 2.45) is 0 Å². The van der Waals surface area contributed by atoms with Gasteiger partial charge in [-0.3, -0.25) is 0 Å². The van der Waals surface area contributed by atoms with Gasteiger partial charge in [-0.25, -0.2) is 4.68 Å². The second-order valence-electron chi connectivity index (χ2n) is 6.10. The van der Waals surface area contributed by atoms with Crippen LogP contribution in [0.25, 0.3) is 5.69 Å². The van der Waals surface area contributed by atoms with E-state index in [2.05, 4.69) is 44.2 Å². The second kappa shape index (κ2) is 5.31. The molecule has 0 atom stereocenters. The third kappa shape index (κ3) is 2.33. The van der Waals surface area contributed by atoms with Crippen molar-refractivity contribution in [1.29, 1.82) is 0 Å². The van der Waals surface area contributed by atoms with Crippen LogP contribution in [0.4, 0.5) is 5.82 Å². The van der Waals surface area contributed by atoms with E-state index in [1.165, 1.54) is 36.9 Å². The van der Waals surface area contributed by atoms with Gasteiger partial charge in [-0.05, 0) is 30.4 Å². The number of aromatic nitrogens is 2. The Kier molecular flexibility index (Phi) is 3.51. The van der Waals surface area contributed by atoms with Crippen molar-refractivity contribution in [2.75, 3.05) is 5.73 Å². The molecule has 1 aliphatic rings. The smallest absolute Gasteiger partial charge is 0.127 e. The maximum Gasteiger partial charge on any atom is 0.127 e. The van der Waals surface area contributed by atoms with E-state index in [4.69, 9.17) is 10.8 Å². The summed E-state index contributed by atoms with van der Waals surface area (Å²) in [5.74, 6) is 1.81. The first-order valence-electron chi connectivity index (χ1n) is 7.61. The Balaban J connectivity index is 2.02. The maximum atomic E-state index is 6.21. The van der Waals surface area contributed by atoms with Crippen LogP contribution in [0.1, 0.15) is 62.6 Å². The first kappa shape index (κ1) is 13.2. The van der Waals surface area contributed by atoms with E-state index in [9.17, 15) is 0 Å². The minimum Gasteiger partial charge on any atom is -0.384 e. The third-order valence-electron chi connectivity index (χ3n) is 4.32. The first-order chi connectivity index (χ1) is 9.66. The lowest BCUT2D eigenvalue weighted by Crippen LogP contribution is -2.06. The lowest BCUT2D eigenvalue weighted by atomic mass is 10.0. The molecule has 106 valence electrons. The summed E-state index contributed by atoms with van der Waals surface area (Å²) in [6, 6.07) is 10.5. The van der Waals surface area contributed by atoms with Gasteiger partial charge in [-0.15, -0.1) is 0 Å². The highest BCUT2D eigenvalue weighted by molar-refractivity contribution is 5.49. The lowest BCUT2D eigenvalue weighted by Gasteiger charge is -2.13. The van der Waals surface area contributed by atoms with Crippen LogP contribution in [0, 0.1) is 0 Å². The van der Waals surface area contributed by atoms with Crippen molar-refractivity contribution in [3.63, 3.8) is 0 Å². The number of nitrogens with two attached hydrogens (primary N) is 1. The van der Waals surface area contributed by atoms with Crippen molar-refractivity contribution in [3.05, 3.63) is 41.6 Å². The Labute approximate surface area is 120 Å². The van der Waals surface area contributed by atoms with Gasteiger partial charge in [0, 0.05) is 12.0 Å². The number of hydrogen-bond donors (Lipinski definition) is 1. The lowest BCUT2D eigenvalue weighted by molar-refractivity contribution is 0.677. The van der Waals surface area contributed by atoms with Gasteiger partial charge in [-0.1, -0.05) is 44.9 Å². The van der Waals surface area contributed by atoms with E-state index in [1.807, 2.05) is 4.68 Å². The molecule has 0 saturated heterocycles. The predicted molar refractivity (Wildman–Crippen MR) is 83.3 cm³/mol. The average molecular weight is 269 g/mol. The normalized spacial score (nSPS) is 16.1. The zero-order valence-corrected chi connectivity index (χ0v) is 12.3. The molecule has 0 amide bonds. The Morgan fingerprint density at radius 2 is 1.90 bits per heavy atom. The highest BCUT2D eigenvalue weighted by atomic mass is 15.3. The number of para-hydroxylation sites is 1. The molecule has 2 aromatic rings. The Morgan fingerprint density at radius 3 is 2.60 bits per heavy atom. The predicted octanol–water partition coefficient (Wildman–Crippen LogP) is 4.24. The number of nitrogens with zero attached hydrogens (tertiary/aromatic N) is 2. The summed E-state index contributed by atoms with van der Waals surface area (Å²) < 4.78 is 1.92.